The van der Waals surface area contributed by atoms with Gasteiger partial charge in [-0.3, -0.25) is 10.1 Å². The van der Waals surface area contributed by atoms with Gasteiger partial charge in [0.15, 0.2) is 0 Å². The SMILES string of the molecule is Cc1nc(Cc2nnc(S[C@H](C)C(=O)NC(=O)NC3CCCC3)o2)cs1. The summed E-state index contributed by atoms with van der Waals surface area (Å²) < 4.78 is 5.56. The van der Waals surface area contributed by atoms with Crippen molar-refractivity contribution >= 4 is 35.0 Å². The molecular formula is C16H21N5O3S2. The van der Waals surface area contributed by atoms with Crippen LogP contribution in [0.15, 0.2) is 15.0 Å². The lowest BCUT2D eigenvalue weighted by Gasteiger charge is -2.13. The molecule has 0 saturated heterocycles. The van der Waals surface area contributed by atoms with Crippen molar-refractivity contribution in [1.82, 2.24) is 25.8 Å². The number of nitrogens with zero attached hydrogens (tertiary/aromatic N) is 3. The van der Waals surface area contributed by atoms with Crippen LogP contribution in [-0.2, 0) is 11.2 Å². The minimum absolute atomic E-state index is 0.165. The largest absolute Gasteiger partial charge is 0.416 e. The minimum atomic E-state index is -0.529. The number of rotatable bonds is 6. The molecule has 140 valence electrons. The van der Waals surface area contributed by atoms with Gasteiger partial charge in [-0.1, -0.05) is 24.6 Å². The van der Waals surface area contributed by atoms with Gasteiger partial charge in [0.1, 0.15) is 0 Å². The summed E-state index contributed by atoms with van der Waals surface area (Å²) in [6, 6.07) is -0.280. The molecule has 3 amide bonds. The van der Waals surface area contributed by atoms with Gasteiger partial charge in [0.25, 0.3) is 5.22 Å². The Hall–Kier alpha value is -1.94. The summed E-state index contributed by atoms with van der Waals surface area (Å²) in [6.07, 6.45) is 4.63. The first-order chi connectivity index (χ1) is 12.5. The highest BCUT2D eigenvalue weighted by Gasteiger charge is 2.22. The summed E-state index contributed by atoms with van der Waals surface area (Å²) in [6.45, 7) is 3.63. The minimum Gasteiger partial charge on any atom is -0.416 e. The fourth-order valence-electron chi connectivity index (χ4n) is 2.71. The molecule has 10 heteroatoms. The predicted octanol–water partition coefficient (Wildman–Crippen LogP) is 2.67. The lowest BCUT2D eigenvalue weighted by molar-refractivity contribution is -0.119. The zero-order valence-corrected chi connectivity index (χ0v) is 16.3. The van der Waals surface area contributed by atoms with Crippen molar-refractivity contribution in [2.24, 2.45) is 0 Å². The molecule has 1 aliphatic rings. The Morgan fingerprint density at radius 1 is 1.38 bits per heavy atom. The number of carbonyl (C=O) groups excluding carboxylic acids is 2. The summed E-state index contributed by atoms with van der Waals surface area (Å²) >= 11 is 2.69. The first-order valence-electron chi connectivity index (χ1n) is 8.51. The molecule has 1 fully saturated rings. The van der Waals surface area contributed by atoms with Crippen LogP contribution in [0.25, 0.3) is 0 Å². The molecule has 3 rings (SSSR count). The fraction of sp³-hybridized carbons (Fsp3) is 0.562. The highest BCUT2D eigenvalue weighted by molar-refractivity contribution is 8.00. The summed E-state index contributed by atoms with van der Waals surface area (Å²) in [5.74, 6) is 0.0600. The molecule has 2 heterocycles. The maximum Gasteiger partial charge on any atom is 0.321 e. The summed E-state index contributed by atoms with van der Waals surface area (Å²) in [4.78, 5) is 28.4. The van der Waals surface area contributed by atoms with E-state index in [0.717, 1.165) is 48.1 Å². The molecule has 0 aliphatic heterocycles. The lowest BCUT2D eigenvalue weighted by Crippen LogP contribution is -2.45. The van der Waals surface area contributed by atoms with Crippen LogP contribution in [0.3, 0.4) is 0 Å². The number of amides is 3. The molecule has 26 heavy (non-hydrogen) atoms. The normalized spacial score (nSPS) is 15.8. The quantitative estimate of drug-likeness (QED) is 0.724. The molecule has 8 nitrogen and oxygen atoms in total. The van der Waals surface area contributed by atoms with Crippen LogP contribution in [0, 0.1) is 6.92 Å². The van der Waals surface area contributed by atoms with Crippen molar-refractivity contribution in [2.75, 3.05) is 0 Å². The number of imide groups is 1. The van der Waals surface area contributed by atoms with Gasteiger partial charge in [-0.05, 0) is 26.7 Å². The van der Waals surface area contributed by atoms with E-state index in [1.807, 2.05) is 12.3 Å². The molecule has 2 N–H and O–H groups in total. The molecular weight excluding hydrogens is 374 g/mol. The second-order valence-electron chi connectivity index (χ2n) is 6.20. The van der Waals surface area contributed by atoms with Gasteiger partial charge in [-0.2, -0.15) is 0 Å². The van der Waals surface area contributed by atoms with E-state index in [9.17, 15) is 9.59 Å². The van der Waals surface area contributed by atoms with E-state index in [1.165, 1.54) is 0 Å². The van der Waals surface area contributed by atoms with E-state index in [-0.39, 0.29) is 11.9 Å². The number of aryl methyl sites for hydroxylation is 1. The third-order valence-corrected chi connectivity index (χ3v) is 5.78. The number of urea groups is 1. The monoisotopic (exact) mass is 395 g/mol. The van der Waals surface area contributed by atoms with E-state index in [1.54, 1.807) is 18.3 Å². The number of thioether (sulfide) groups is 1. The highest BCUT2D eigenvalue weighted by atomic mass is 32.2. The number of hydrogen-bond acceptors (Lipinski definition) is 8. The molecule has 2 aromatic rings. The first-order valence-corrected chi connectivity index (χ1v) is 10.3. The van der Waals surface area contributed by atoms with Crippen LogP contribution in [0.1, 0.15) is 49.2 Å². The molecule has 0 spiro atoms. The lowest BCUT2D eigenvalue weighted by atomic mass is 10.2. The van der Waals surface area contributed by atoms with Crippen molar-refractivity contribution in [3.05, 3.63) is 22.0 Å². The maximum absolute atomic E-state index is 12.1. The van der Waals surface area contributed by atoms with Gasteiger partial charge >= 0.3 is 6.03 Å². The number of nitrogens with one attached hydrogen (secondary N) is 2. The molecule has 0 aromatic carbocycles. The van der Waals surface area contributed by atoms with Gasteiger partial charge in [0.05, 0.1) is 22.4 Å². The number of aromatic nitrogens is 3. The van der Waals surface area contributed by atoms with Crippen molar-refractivity contribution in [1.29, 1.82) is 0 Å². The second-order valence-corrected chi connectivity index (χ2v) is 8.55. The summed E-state index contributed by atoms with van der Waals surface area (Å²) in [5, 5.41) is 15.8. The zero-order valence-electron chi connectivity index (χ0n) is 14.7. The average molecular weight is 396 g/mol. The van der Waals surface area contributed by atoms with Gasteiger partial charge < -0.3 is 9.73 Å². The summed E-state index contributed by atoms with van der Waals surface area (Å²) in [5.41, 5.74) is 0.877. The van der Waals surface area contributed by atoms with Crippen LogP contribution in [0.5, 0.6) is 0 Å². The number of thiazole rings is 1. The molecule has 1 aliphatic carbocycles. The van der Waals surface area contributed by atoms with Crippen molar-refractivity contribution < 1.29 is 14.0 Å². The topological polar surface area (TPSA) is 110 Å². The van der Waals surface area contributed by atoms with Crippen molar-refractivity contribution in [2.45, 2.75) is 62.5 Å². The van der Waals surface area contributed by atoms with Crippen LogP contribution >= 0.6 is 23.1 Å². The highest BCUT2D eigenvalue weighted by Crippen LogP contribution is 2.23. The van der Waals surface area contributed by atoms with E-state index in [0.29, 0.717) is 17.5 Å². The Balaban J connectivity index is 1.46. The van der Waals surface area contributed by atoms with E-state index >= 15 is 0 Å². The zero-order chi connectivity index (χ0) is 18.5. The van der Waals surface area contributed by atoms with E-state index in [4.69, 9.17) is 4.42 Å². The van der Waals surface area contributed by atoms with Crippen LogP contribution in [0.4, 0.5) is 4.79 Å². The number of carbonyl (C=O) groups is 2. The third-order valence-electron chi connectivity index (χ3n) is 4.02. The second kappa shape index (κ2) is 8.63. The van der Waals surface area contributed by atoms with Crippen LogP contribution in [-0.4, -0.2) is 38.4 Å². The standard InChI is InChI=1S/C16H21N5O3S2/c1-9(14(22)19-15(23)18-11-5-3-4-6-11)26-16-21-20-13(24-16)7-12-8-25-10(2)17-12/h8-9,11H,3-7H2,1-2H3,(H2,18,19,22,23)/t9-/m1/s1. The van der Waals surface area contributed by atoms with Gasteiger partial charge in [0, 0.05) is 11.4 Å². The molecule has 1 saturated carbocycles. The van der Waals surface area contributed by atoms with Crippen molar-refractivity contribution in [3.63, 3.8) is 0 Å². The Morgan fingerprint density at radius 2 is 2.15 bits per heavy atom. The average Bonchev–Trinajstić information content (AvgIpc) is 3.31. The van der Waals surface area contributed by atoms with E-state index < -0.39 is 11.3 Å². The summed E-state index contributed by atoms with van der Waals surface area (Å²) in [7, 11) is 0. The number of hydrogen-bond donors (Lipinski definition) is 2. The predicted molar refractivity (Wildman–Crippen MR) is 98.2 cm³/mol. The molecule has 0 radical (unpaired) electrons. The van der Waals surface area contributed by atoms with Crippen LogP contribution in [0.2, 0.25) is 0 Å². The first kappa shape index (κ1) is 18.8. The fourth-order valence-corrected chi connectivity index (χ4v) is 4.02. The molecule has 0 unspecified atom stereocenters. The third kappa shape index (κ3) is 5.28. The maximum atomic E-state index is 12.1. The van der Waals surface area contributed by atoms with Crippen molar-refractivity contribution in [3.8, 4) is 0 Å². The molecule has 0 bridgehead atoms. The molecule has 1 atom stereocenters. The smallest absolute Gasteiger partial charge is 0.321 e. The molecule has 2 aromatic heterocycles. The van der Waals surface area contributed by atoms with Gasteiger partial charge in [0.2, 0.25) is 11.8 Å². The van der Waals surface area contributed by atoms with Crippen LogP contribution < -0.4 is 10.6 Å². The Morgan fingerprint density at radius 3 is 2.85 bits per heavy atom. The van der Waals surface area contributed by atoms with Gasteiger partial charge in [-0.25, -0.2) is 9.78 Å². The van der Waals surface area contributed by atoms with Gasteiger partial charge in [-0.15, -0.1) is 21.5 Å². The Labute approximate surface area is 159 Å². The Kier molecular flexibility index (Phi) is 6.25. The Bertz CT molecular complexity index is 770. The van der Waals surface area contributed by atoms with E-state index in [2.05, 4.69) is 25.8 Å².